The van der Waals surface area contributed by atoms with Crippen molar-refractivity contribution in [2.45, 2.75) is 32.7 Å². The molecule has 0 radical (unpaired) electrons. The number of carbonyl (C=O) groups is 2. The number of nitro groups is 1. The third kappa shape index (κ3) is 6.46. The smallest absolute Gasteiger partial charge is 0.338 e. The van der Waals surface area contributed by atoms with E-state index in [1.807, 2.05) is 20.8 Å². The minimum atomic E-state index is -0.668. The van der Waals surface area contributed by atoms with Gasteiger partial charge in [0.2, 0.25) is 5.75 Å². The summed E-state index contributed by atoms with van der Waals surface area (Å²) in [6.07, 6.45) is 0.736. The van der Waals surface area contributed by atoms with Crippen molar-refractivity contribution in [2.24, 2.45) is 0 Å². The lowest BCUT2D eigenvalue weighted by Crippen LogP contribution is -2.44. The van der Waals surface area contributed by atoms with Crippen LogP contribution in [0.25, 0.3) is 0 Å². The number of hydrogen-bond donors (Lipinski definition) is 1. The molecule has 1 amide bonds. The molecule has 0 aliphatic heterocycles. The van der Waals surface area contributed by atoms with Gasteiger partial charge in [0, 0.05) is 16.6 Å². The Morgan fingerprint density at radius 1 is 1.17 bits per heavy atom. The van der Waals surface area contributed by atoms with Crippen molar-refractivity contribution < 1.29 is 24.0 Å². The zero-order valence-corrected chi connectivity index (χ0v) is 17.0. The van der Waals surface area contributed by atoms with Crippen LogP contribution in [0, 0.1) is 10.1 Å². The summed E-state index contributed by atoms with van der Waals surface area (Å²) in [5.41, 5.74) is -0.445. The summed E-state index contributed by atoms with van der Waals surface area (Å²) in [4.78, 5) is 34.5. The molecule has 2 aromatic rings. The van der Waals surface area contributed by atoms with Gasteiger partial charge in [0.15, 0.2) is 6.61 Å². The second-order valence-electron chi connectivity index (χ2n) is 6.86. The van der Waals surface area contributed by atoms with E-state index >= 15 is 0 Å². The highest BCUT2D eigenvalue weighted by Crippen LogP contribution is 2.33. The highest BCUT2D eigenvalue weighted by molar-refractivity contribution is 6.30. The van der Waals surface area contributed by atoms with Crippen molar-refractivity contribution in [3.63, 3.8) is 0 Å². The number of nitrogens with zero attached hydrogens (tertiary/aromatic N) is 1. The zero-order chi connectivity index (χ0) is 21.6. The fourth-order valence-electron chi connectivity index (χ4n) is 2.22. The molecule has 154 valence electrons. The number of halogens is 1. The molecule has 9 heteroatoms. The number of nitro benzene ring substituents is 1. The van der Waals surface area contributed by atoms with Crippen LogP contribution in [0.1, 0.15) is 37.6 Å². The quantitative estimate of drug-likeness (QED) is 0.382. The second-order valence-corrected chi connectivity index (χ2v) is 7.29. The number of amides is 1. The maximum absolute atomic E-state index is 12.1. The van der Waals surface area contributed by atoms with Crippen LogP contribution in [-0.4, -0.2) is 28.9 Å². The van der Waals surface area contributed by atoms with Crippen molar-refractivity contribution in [1.82, 2.24) is 5.32 Å². The first-order valence-electron chi connectivity index (χ1n) is 8.81. The standard InChI is InChI=1S/C20H21ClN2O6/c1-4-20(2,3)22-18(24)12-28-19(25)13-5-8-15(9-6-13)29-17-10-7-14(21)11-16(17)23(26)27/h5-11H,4,12H2,1-3H3,(H,22,24). The number of ether oxygens (including phenoxy) is 2. The Balaban J connectivity index is 1.99. The van der Waals surface area contributed by atoms with Crippen molar-refractivity contribution in [3.8, 4) is 11.5 Å². The molecule has 1 N–H and O–H groups in total. The van der Waals surface area contributed by atoms with Crippen molar-refractivity contribution in [3.05, 3.63) is 63.2 Å². The fourth-order valence-corrected chi connectivity index (χ4v) is 2.39. The summed E-state index contributed by atoms with van der Waals surface area (Å²) < 4.78 is 10.5. The Morgan fingerprint density at radius 2 is 1.83 bits per heavy atom. The predicted octanol–water partition coefficient (Wildman–Crippen LogP) is 4.50. The SMILES string of the molecule is CCC(C)(C)NC(=O)COC(=O)c1ccc(Oc2ccc(Cl)cc2[N+](=O)[O-])cc1. The molecule has 0 unspecified atom stereocenters. The molecule has 0 saturated carbocycles. The van der Waals surface area contributed by atoms with Crippen LogP contribution in [-0.2, 0) is 9.53 Å². The maximum Gasteiger partial charge on any atom is 0.338 e. The molecule has 29 heavy (non-hydrogen) atoms. The molecule has 0 spiro atoms. The average molecular weight is 421 g/mol. The molecule has 8 nitrogen and oxygen atoms in total. The van der Waals surface area contributed by atoms with Crippen LogP contribution in [0.4, 0.5) is 5.69 Å². The van der Waals surface area contributed by atoms with Gasteiger partial charge in [-0.1, -0.05) is 18.5 Å². The average Bonchev–Trinajstić information content (AvgIpc) is 2.67. The van der Waals surface area contributed by atoms with Crippen molar-refractivity contribution in [1.29, 1.82) is 0 Å². The summed E-state index contributed by atoms with van der Waals surface area (Å²) in [6.45, 7) is 5.29. The van der Waals surface area contributed by atoms with E-state index in [1.165, 1.54) is 42.5 Å². The lowest BCUT2D eigenvalue weighted by molar-refractivity contribution is -0.385. The molecule has 0 atom stereocenters. The summed E-state index contributed by atoms with van der Waals surface area (Å²) in [5.74, 6) is -0.752. The van der Waals surface area contributed by atoms with Gasteiger partial charge in [-0.3, -0.25) is 14.9 Å². The molecular weight excluding hydrogens is 400 g/mol. The zero-order valence-electron chi connectivity index (χ0n) is 16.2. The maximum atomic E-state index is 12.1. The highest BCUT2D eigenvalue weighted by Gasteiger charge is 2.19. The highest BCUT2D eigenvalue weighted by atomic mass is 35.5. The first-order valence-corrected chi connectivity index (χ1v) is 9.19. The molecule has 0 heterocycles. The van der Waals surface area contributed by atoms with Gasteiger partial charge in [0.1, 0.15) is 5.75 Å². The van der Waals surface area contributed by atoms with E-state index in [2.05, 4.69) is 5.32 Å². The first-order chi connectivity index (χ1) is 13.6. The molecule has 0 bridgehead atoms. The topological polar surface area (TPSA) is 108 Å². The predicted molar refractivity (Wildman–Crippen MR) is 107 cm³/mol. The van der Waals surface area contributed by atoms with E-state index in [4.69, 9.17) is 21.1 Å². The largest absolute Gasteiger partial charge is 0.452 e. The lowest BCUT2D eigenvalue weighted by atomic mass is 10.0. The minimum Gasteiger partial charge on any atom is -0.452 e. The Bertz CT molecular complexity index is 912. The van der Waals surface area contributed by atoms with Crippen LogP contribution >= 0.6 is 11.6 Å². The van der Waals surface area contributed by atoms with Crippen LogP contribution in [0.5, 0.6) is 11.5 Å². The molecule has 0 fully saturated rings. The number of nitrogens with one attached hydrogen (secondary N) is 1. The molecule has 0 aromatic heterocycles. The number of rotatable bonds is 8. The number of esters is 1. The minimum absolute atomic E-state index is 0.0185. The third-order valence-corrected chi connectivity index (χ3v) is 4.37. The lowest BCUT2D eigenvalue weighted by Gasteiger charge is -2.24. The van der Waals surface area contributed by atoms with Gasteiger partial charge in [-0.15, -0.1) is 0 Å². The van der Waals surface area contributed by atoms with E-state index in [1.54, 1.807) is 0 Å². The monoisotopic (exact) mass is 420 g/mol. The summed E-state index contributed by atoms with van der Waals surface area (Å²) in [7, 11) is 0. The van der Waals surface area contributed by atoms with Gasteiger partial charge in [-0.05, 0) is 56.7 Å². The van der Waals surface area contributed by atoms with Gasteiger partial charge >= 0.3 is 11.7 Å². The summed E-state index contributed by atoms with van der Waals surface area (Å²) >= 11 is 5.78. The molecule has 2 rings (SSSR count). The van der Waals surface area contributed by atoms with Crippen LogP contribution in [0.2, 0.25) is 5.02 Å². The van der Waals surface area contributed by atoms with Gasteiger partial charge in [0.05, 0.1) is 10.5 Å². The molecule has 2 aromatic carbocycles. The number of benzene rings is 2. The summed E-state index contributed by atoms with van der Waals surface area (Å²) in [5, 5.41) is 14.1. The van der Waals surface area contributed by atoms with E-state index in [9.17, 15) is 19.7 Å². The van der Waals surface area contributed by atoms with Gasteiger partial charge in [0.25, 0.3) is 5.91 Å². The molecular formula is C20H21ClN2O6. The fraction of sp³-hybridized carbons (Fsp3) is 0.300. The van der Waals surface area contributed by atoms with Gasteiger partial charge < -0.3 is 14.8 Å². The second kappa shape index (κ2) is 9.38. The van der Waals surface area contributed by atoms with E-state index in [0.717, 1.165) is 6.42 Å². The van der Waals surface area contributed by atoms with Crippen LogP contribution in [0.3, 0.4) is 0 Å². The molecule has 0 saturated heterocycles. The Labute approximate surface area is 172 Å². The Hall–Kier alpha value is -3.13. The van der Waals surface area contributed by atoms with E-state index in [-0.39, 0.29) is 39.2 Å². The number of carbonyl (C=O) groups excluding carboxylic acids is 2. The summed E-state index contributed by atoms with van der Waals surface area (Å²) in [6, 6.07) is 9.86. The van der Waals surface area contributed by atoms with Crippen molar-refractivity contribution in [2.75, 3.05) is 6.61 Å². The Morgan fingerprint density at radius 3 is 2.41 bits per heavy atom. The van der Waals surface area contributed by atoms with Gasteiger partial charge in [-0.2, -0.15) is 0 Å². The van der Waals surface area contributed by atoms with Crippen LogP contribution in [0.15, 0.2) is 42.5 Å². The molecule has 0 aliphatic carbocycles. The Kier molecular flexibility index (Phi) is 7.17. The third-order valence-electron chi connectivity index (χ3n) is 4.13. The normalized spacial score (nSPS) is 10.9. The van der Waals surface area contributed by atoms with Crippen molar-refractivity contribution >= 4 is 29.2 Å². The van der Waals surface area contributed by atoms with Gasteiger partial charge in [-0.25, -0.2) is 4.79 Å². The van der Waals surface area contributed by atoms with E-state index in [0.29, 0.717) is 0 Å². The molecule has 0 aliphatic rings. The van der Waals surface area contributed by atoms with Crippen LogP contribution < -0.4 is 10.1 Å². The van der Waals surface area contributed by atoms with E-state index < -0.39 is 17.5 Å². The first kappa shape index (κ1) is 22.2. The number of hydrogen-bond acceptors (Lipinski definition) is 6.